The van der Waals surface area contributed by atoms with E-state index in [0.717, 1.165) is 16.0 Å². The summed E-state index contributed by atoms with van der Waals surface area (Å²) < 4.78 is 0.863. The van der Waals surface area contributed by atoms with Gasteiger partial charge in [0.15, 0.2) is 5.69 Å². The highest BCUT2D eigenvalue weighted by Crippen LogP contribution is 2.15. The number of aromatic nitrogens is 2. The molecule has 0 unspecified atom stereocenters. The fraction of sp³-hybridized carbons (Fsp3) is 0.167. The van der Waals surface area contributed by atoms with E-state index in [4.69, 9.17) is 0 Å². The number of aryl methyl sites for hydroxylation is 2. The molecule has 1 aromatic heterocycles. The van der Waals surface area contributed by atoms with Gasteiger partial charge in [-0.25, -0.2) is 4.73 Å². The Labute approximate surface area is 88.6 Å². The van der Waals surface area contributed by atoms with Gasteiger partial charge in [0.1, 0.15) is 5.69 Å². The minimum Gasteiger partial charge on any atom is -0.710 e. The molecule has 0 saturated heterocycles. The monoisotopic (exact) mass is 200 g/mol. The van der Waals surface area contributed by atoms with E-state index in [1.165, 1.54) is 0 Å². The van der Waals surface area contributed by atoms with Gasteiger partial charge in [-0.2, -0.15) is 0 Å². The Kier molecular flexibility index (Phi) is 2.37. The summed E-state index contributed by atoms with van der Waals surface area (Å²) in [6, 6.07) is 11.4. The molecule has 0 atom stereocenters. The number of rotatable bonds is 1. The fourth-order valence-corrected chi connectivity index (χ4v) is 1.57. The van der Waals surface area contributed by atoms with E-state index in [1.54, 1.807) is 13.0 Å². The molecule has 0 aliphatic rings. The SMILES string of the molecule is Cc1cc(-c2ccccc2)[n+]([O-])c(C)n1. The van der Waals surface area contributed by atoms with Crippen LogP contribution in [0, 0.1) is 19.1 Å². The second-order valence-corrected chi connectivity index (χ2v) is 3.49. The third-order valence-corrected chi connectivity index (χ3v) is 2.27. The summed E-state index contributed by atoms with van der Waals surface area (Å²) in [6.07, 6.45) is 0. The highest BCUT2D eigenvalue weighted by Gasteiger charge is 2.10. The van der Waals surface area contributed by atoms with Crippen molar-refractivity contribution in [2.24, 2.45) is 0 Å². The third kappa shape index (κ3) is 1.81. The first-order valence-electron chi connectivity index (χ1n) is 4.82. The summed E-state index contributed by atoms with van der Waals surface area (Å²) >= 11 is 0. The van der Waals surface area contributed by atoms with Crippen LogP contribution in [0.15, 0.2) is 36.4 Å². The minimum atomic E-state index is 0.480. The normalized spacial score (nSPS) is 10.3. The predicted molar refractivity (Wildman–Crippen MR) is 58.1 cm³/mol. The average molecular weight is 200 g/mol. The lowest BCUT2D eigenvalue weighted by atomic mass is 10.1. The summed E-state index contributed by atoms with van der Waals surface area (Å²) in [5, 5.41) is 11.8. The second kappa shape index (κ2) is 3.69. The van der Waals surface area contributed by atoms with Crippen LogP contribution in [-0.2, 0) is 0 Å². The third-order valence-electron chi connectivity index (χ3n) is 2.27. The van der Waals surface area contributed by atoms with Gasteiger partial charge in [-0.05, 0) is 0 Å². The smallest absolute Gasteiger partial charge is 0.298 e. The Bertz CT molecular complexity index is 480. The standard InChI is InChI=1S/C12H12N2O/c1-9-8-12(14(15)10(2)13-9)11-6-4-3-5-7-11/h3-8H,1-2H3. The maximum Gasteiger partial charge on any atom is 0.298 e. The summed E-state index contributed by atoms with van der Waals surface area (Å²) in [5.74, 6) is 0.480. The summed E-state index contributed by atoms with van der Waals surface area (Å²) in [7, 11) is 0. The summed E-state index contributed by atoms with van der Waals surface area (Å²) in [4.78, 5) is 4.11. The van der Waals surface area contributed by atoms with Crippen LogP contribution in [0.4, 0.5) is 0 Å². The van der Waals surface area contributed by atoms with Gasteiger partial charge in [-0.1, -0.05) is 35.3 Å². The first kappa shape index (κ1) is 9.65. The van der Waals surface area contributed by atoms with E-state index >= 15 is 0 Å². The first-order chi connectivity index (χ1) is 7.18. The molecule has 0 fully saturated rings. The highest BCUT2D eigenvalue weighted by molar-refractivity contribution is 5.56. The van der Waals surface area contributed by atoms with Crippen molar-refractivity contribution < 1.29 is 4.73 Å². The Morgan fingerprint density at radius 2 is 1.80 bits per heavy atom. The summed E-state index contributed by atoms with van der Waals surface area (Å²) in [5.41, 5.74) is 2.43. The topological polar surface area (TPSA) is 39.8 Å². The number of benzene rings is 1. The van der Waals surface area contributed by atoms with Crippen LogP contribution in [0.2, 0.25) is 0 Å². The van der Waals surface area contributed by atoms with E-state index in [1.807, 2.05) is 37.3 Å². The molecule has 0 aliphatic carbocycles. The molecule has 0 N–H and O–H groups in total. The molecule has 76 valence electrons. The molecule has 1 heterocycles. The number of nitrogens with zero attached hydrogens (tertiary/aromatic N) is 2. The van der Waals surface area contributed by atoms with Crippen molar-refractivity contribution in [3.8, 4) is 11.3 Å². The van der Waals surface area contributed by atoms with Crippen LogP contribution >= 0.6 is 0 Å². The lowest BCUT2D eigenvalue weighted by Crippen LogP contribution is -2.34. The molecule has 0 saturated carbocycles. The molecule has 0 radical (unpaired) electrons. The molecular formula is C12H12N2O. The molecule has 2 rings (SSSR count). The van der Waals surface area contributed by atoms with Crippen LogP contribution in [0.3, 0.4) is 0 Å². The summed E-state index contributed by atoms with van der Waals surface area (Å²) in [6.45, 7) is 3.60. The van der Waals surface area contributed by atoms with Crippen LogP contribution in [0.1, 0.15) is 11.5 Å². The molecule has 2 aromatic rings. The van der Waals surface area contributed by atoms with Crippen LogP contribution in [-0.4, -0.2) is 4.98 Å². The van der Waals surface area contributed by atoms with Crippen LogP contribution < -0.4 is 4.73 Å². The molecule has 0 spiro atoms. The van der Waals surface area contributed by atoms with Gasteiger partial charge in [-0.3, -0.25) is 0 Å². The van der Waals surface area contributed by atoms with E-state index in [9.17, 15) is 5.21 Å². The van der Waals surface area contributed by atoms with Gasteiger partial charge in [0, 0.05) is 25.5 Å². The number of hydrogen-bond donors (Lipinski definition) is 0. The van der Waals surface area contributed by atoms with Crippen molar-refractivity contribution in [2.45, 2.75) is 13.8 Å². The minimum absolute atomic E-state index is 0.480. The Balaban J connectivity index is 2.63. The first-order valence-corrected chi connectivity index (χ1v) is 4.82. The zero-order valence-corrected chi connectivity index (χ0v) is 8.77. The highest BCUT2D eigenvalue weighted by atomic mass is 16.5. The molecule has 1 aromatic carbocycles. The van der Waals surface area contributed by atoms with Gasteiger partial charge < -0.3 is 5.21 Å². The fourth-order valence-electron chi connectivity index (χ4n) is 1.57. The van der Waals surface area contributed by atoms with Crippen molar-refractivity contribution in [1.82, 2.24) is 4.98 Å². The average Bonchev–Trinajstić information content (AvgIpc) is 2.24. The Morgan fingerprint density at radius 1 is 1.13 bits per heavy atom. The van der Waals surface area contributed by atoms with Crippen molar-refractivity contribution in [3.63, 3.8) is 0 Å². The number of hydrogen-bond acceptors (Lipinski definition) is 2. The van der Waals surface area contributed by atoms with Gasteiger partial charge in [0.2, 0.25) is 0 Å². The van der Waals surface area contributed by atoms with Gasteiger partial charge >= 0.3 is 0 Å². The maximum atomic E-state index is 11.8. The zero-order valence-electron chi connectivity index (χ0n) is 8.77. The lowest BCUT2D eigenvalue weighted by Gasteiger charge is -2.10. The molecule has 3 heteroatoms. The van der Waals surface area contributed by atoms with E-state index in [0.29, 0.717) is 11.5 Å². The van der Waals surface area contributed by atoms with Crippen molar-refractivity contribution in [2.75, 3.05) is 0 Å². The van der Waals surface area contributed by atoms with Gasteiger partial charge in [0.25, 0.3) is 5.82 Å². The second-order valence-electron chi connectivity index (χ2n) is 3.49. The van der Waals surface area contributed by atoms with E-state index < -0.39 is 0 Å². The van der Waals surface area contributed by atoms with E-state index in [2.05, 4.69) is 4.98 Å². The Morgan fingerprint density at radius 3 is 2.47 bits per heavy atom. The molecule has 3 nitrogen and oxygen atoms in total. The van der Waals surface area contributed by atoms with Gasteiger partial charge in [0.05, 0.1) is 0 Å². The quantitative estimate of drug-likeness (QED) is 0.521. The molecule has 0 bridgehead atoms. The van der Waals surface area contributed by atoms with Crippen molar-refractivity contribution in [1.29, 1.82) is 0 Å². The van der Waals surface area contributed by atoms with Crippen molar-refractivity contribution >= 4 is 0 Å². The maximum absolute atomic E-state index is 11.8. The van der Waals surface area contributed by atoms with Gasteiger partial charge in [-0.15, -0.1) is 0 Å². The van der Waals surface area contributed by atoms with Crippen molar-refractivity contribution in [3.05, 3.63) is 53.1 Å². The molecule has 0 aliphatic heterocycles. The van der Waals surface area contributed by atoms with E-state index in [-0.39, 0.29) is 0 Å². The zero-order chi connectivity index (χ0) is 10.8. The predicted octanol–water partition coefficient (Wildman–Crippen LogP) is 2.00. The molecule has 15 heavy (non-hydrogen) atoms. The molecular weight excluding hydrogens is 188 g/mol. The van der Waals surface area contributed by atoms with Crippen LogP contribution in [0.5, 0.6) is 0 Å². The largest absolute Gasteiger partial charge is 0.710 e. The van der Waals surface area contributed by atoms with Crippen LogP contribution in [0.25, 0.3) is 11.3 Å². The lowest BCUT2D eigenvalue weighted by molar-refractivity contribution is -0.604. The Hall–Kier alpha value is -1.90. The molecule has 0 amide bonds.